The zero-order valence-electron chi connectivity index (χ0n) is 18.4. The first-order valence-corrected chi connectivity index (χ1v) is 11.4. The van der Waals surface area contributed by atoms with E-state index in [1.807, 2.05) is 19.9 Å². The Kier molecular flexibility index (Phi) is 8.53. The molecule has 0 spiro atoms. The number of hydrogen-bond acceptors (Lipinski definition) is 3. The minimum atomic E-state index is 0.132. The van der Waals surface area contributed by atoms with Gasteiger partial charge in [0.25, 0.3) is 0 Å². The highest BCUT2D eigenvalue weighted by Gasteiger charge is 2.15. The van der Waals surface area contributed by atoms with Crippen molar-refractivity contribution in [3.8, 4) is 0 Å². The average molecular weight is 413 g/mol. The summed E-state index contributed by atoms with van der Waals surface area (Å²) >= 11 is 0. The predicted octanol–water partition coefficient (Wildman–Crippen LogP) is 3.13. The van der Waals surface area contributed by atoms with Crippen molar-refractivity contribution >= 4 is 22.9 Å². The number of nitrogens with one attached hydrogen (secondary N) is 3. The van der Waals surface area contributed by atoms with Gasteiger partial charge in [0, 0.05) is 38.6 Å². The summed E-state index contributed by atoms with van der Waals surface area (Å²) in [4.78, 5) is 21.4. The van der Waals surface area contributed by atoms with Crippen LogP contribution < -0.4 is 16.0 Å². The smallest absolute Gasteiger partial charge is 0.221 e. The molecule has 3 N–H and O–H groups in total. The minimum Gasteiger partial charge on any atom is -0.357 e. The molecular weight excluding hydrogens is 376 g/mol. The summed E-state index contributed by atoms with van der Waals surface area (Å²) in [7, 11) is 0. The van der Waals surface area contributed by atoms with Crippen LogP contribution in [0.2, 0.25) is 0 Å². The maximum Gasteiger partial charge on any atom is 0.221 e. The van der Waals surface area contributed by atoms with Gasteiger partial charge in [0.1, 0.15) is 5.82 Å². The SMILES string of the molecule is CCNC(=NCCCn1c(C)nc2ccccc21)NCCC(=O)NC1CCCCC1. The van der Waals surface area contributed by atoms with E-state index >= 15 is 0 Å². The van der Waals surface area contributed by atoms with Crippen molar-refractivity contribution in [2.75, 3.05) is 19.6 Å². The number of benzene rings is 1. The first kappa shape index (κ1) is 22.1. The van der Waals surface area contributed by atoms with E-state index in [1.54, 1.807) is 0 Å². The van der Waals surface area contributed by atoms with E-state index in [-0.39, 0.29) is 5.91 Å². The highest BCUT2D eigenvalue weighted by atomic mass is 16.1. The van der Waals surface area contributed by atoms with Gasteiger partial charge >= 0.3 is 0 Å². The Hall–Kier alpha value is -2.57. The fourth-order valence-corrected chi connectivity index (χ4v) is 4.08. The van der Waals surface area contributed by atoms with Crippen molar-refractivity contribution in [1.82, 2.24) is 25.5 Å². The first-order valence-electron chi connectivity index (χ1n) is 11.4. The molecule has 1 aliphatic carbocycles. The quantitative estimate of drug-likeness (QED) is 0.336. The third-order valence-electron chi connectivity index (χ3n) is 5.61. The van der Waals surface area contributed by atoms with Crippen LogP contribution in [-0.4, -0.2) is 47.1 Å². The van der Waals surface area contributed by atoms with Crippen LogP contribution in [0.25, 0.3) is 11.0 Å². The number of amides is 1. The number of hydrogen-bond donors (Lipinski definition) is 3. The molecule has 2 aromatic rings. The van der Waals surface area contributed by atoms with Gasteiger partial charge in [-0.1, -0.05) is 31.4 Å². The van der Waals surface area contributed by atoms with Gasteiger partial charge in [0.05, 0.1) is 11.0 Å². The van der Waals surface area contributed by atoms with Crippen molar-refractivity contribution in [3.05, 3.63) is 30.1 Å². The van der Waals surface area contributed by atoms with Gasteiger partial charge in [-0.05, 0) is 45.2 Å². The molecule has 0 atom stereocenters. The average Bonchev–Trinajstić information content (AvgIpc) is 3.07. The summed E-state index contributed by atoms with van der Waals surface area (Å²) in [5, 5.41) is 9.71. The number of para-hydroxylation sites is 2. The van der Waals surface area contributed by atoms with Crippen LogP contribution >= 0.6 is 0 Å². The van der Waals surface area contributed by atoms with Gasteiger partial charge < -0.3 is 20.5 Å². The molecule has 0 bridgehead atoms. The molecule has 1 fully saturated rings. The van der Waals surface area contributed by atoms with Gasteiger partial charge in [0.2, 0.25) is 5.91 Å². The number of aryl methyl sites for hydroxylation is 2. The molecule has 164 valence electrons. The highest BCUT2D eigenvalue weighted by Crippen LogP contribution is 2.17. The molecule has 1 aromatic carbocycles. The molecule has 3 rings (SSSR count). The van der Waals surface area contributed by atoms with Gasteiger partial charge in [-0.15, -0.1) is 0 Å². The molecule has 0 aliphatic heterocycles. The summed E-state index contributed by atoms with van der Waals surface area (Å²) < 4.78 is 2.25. The number of aromatic nitrogens is 2. The van der Waals surface area contributed by atoms with Crippen molar-refractivity contribution in [3.63, 3.8) is 0 Å². The summed E-state index contributed by atoms with van der Waals surface area (Å²) in [5.74, 6) is 1.94. The molecule has 1 heterocycles. The number of carbonyl (C=O) groups is 1. The Balaban J connectivity index is 1.41. The molecule has 1 aliphatic rings. The molecule has 7 nitrogen and oxygen atoms in total. The lowest BCUT2D eigenvalue weighted by atomic mass is 9.95. The van der Waals surface area contributed by atoms with E-state index in [9.17, 15) is 4.79 Å². The molecule has 1 amide bonds. The summed E-state index contributed by atoms with van der Waals surface area (Å²) in [6.07, 6.45) is 7.40. The lowest BCUT2D eigenvalue weighted by molar-refractivity contribution is -0.121. The number of guanidine groups is 1. The Morgan fingerprint density at radius 1 is 1.20 bits per heavy atom. The molecule has 0 radical (unpaired) electrons. The molecule has 7 heteroatoms. The first-order chi connectivity index (χ1) is 14.7. The Morgan fingerprint density at radius 2 is 2.00 bits per heavy atom. The second-order valence-corrected chi connectivity index (χ2v) is 7.99. The highest BCUT2D eigenvalue weighted by molar-refractivity contribution is 5.81. The normalized spacial score (nSPS) is 15.3. The lowest BCUT2D eigenvalue weighted by Gasteiger charge is -2.22. The van der Waals surface area contributed by atoms with Crippen LogP contribution in [0.5, 0.6) is 0 Å². The largest absolute Gasteiger partial charge is 0.357 e. The van der Waals surface area contributed by atoms with Gasteiger partial charge in [-0.2, -0.15) is 0 Å². The number of imidazole rings is 1. The third kappa shape index (κ3) is 6.47. The van der Waals surface area contributed by atoms with Gasteiger partial charge in [0.15, 0.2) is 5.96 Å². The molecule has 30 heavy (non-hydrogen) atoms. The van der Waals surface area contributed by atoms with Crippen molar-refractivity contribution in [1.29, 1.82) is 0 Å². The number of rotatable bonds is 9. The van der Waals surface area contributed by atoms with Crippen LogP contribution in [0.4, 0.5) is 0 Å². The van der Waals surface area contributed by atoms with Crippen LogP contribution in [0.1, 0.15) is 57.7 Å². The van der Waals surface area contributed by atoms with Crippen molar-refractivity contribution in [2.24, 2.45) is 4.99 Å². The minimum absolute atomic E-state index is 0.132. The zero-order chi connectivity index (χ0) is 21.2. The van der Waals surface area contributed by atoms with Crippen LogP contribution in [0.15, 0.2) is 29.3 Å². The van der Waals surface area contributed by atoms with Crippen LogP contribution in [-0.2, 0) is 11.3 Å². The number of aliphatic imine (C=N–C) groups is 1. The van der Waals surface area contributed by atoms with E-state index in [0.29, 0.717) is 19.0 Å². The van der Waals surface area contributed by atoms with Crippen LogP contribution in [0.3, 0.4) is 0 Å². The second-order valence-electron chi connectivity index (χ2n) is 7.99. The summed E-state index contributed by atoms with van der Waals surface area (Å²) in [6.45, 7) is 7.09. The maximum atomic E-state index is 12.2. The van der Waals surface area contributed by atoms with Crippen LogP contribution in [0, 0.1) is 6.92 Å². The molecule has 1 aromatic heterocycles. The Bertz CT molecular complexity index is 837. The third-order valence-corrected chi connectivity index (χ3v) is 5.61. The van der Waals surface area contributed by atoms with Crippen molar-refractivity contribution < 1.29 is 4.79 Å². The maximum absolute atomic E-state index is 12.2. The standard InChI is InChI=1S/C23H36N6O/c1-3-24-23(26-16-14-22(30)28-19-10-5-4-6-11-19)25-15-9-17-29-18(2)27-20-12-7-8-13-21(20)29/h7-8,12-13,19H,3-6,9-11,14-17H2,1-2H3,(H,28,30)(H2,24,25,26). The molecule has 1 saturated carbocycles. The molecule has 0 saturated heterocycles. The lowest BCUT2D eigenvalue weighted by Crippen LogP contribution is -2.41. The predicted molar refractivity (Wildman–Crippen MR) is 123 cm³/mol. The molecular formula is C23H36N6O. The molecule has 0 unspecified atom stereocenters. The van der Waals surface area contributed by atoms with E-state index in [4.69, 9.17) is 0 Å². The van der Waals surface area contributed by atoms with E-state index in [1.165, 1.54) is 24.8 Å². The fraction of sp³-hybridized carbons (Fsp3) is 0.609. The Morgan fingerprint density at radius 3 is 2.80 bits per heavy atom. The van der Waals surface area contributed by atoms with E-state index < -0.39 is 0 Å². The zero-order valence-corrected chi connectivity index (χ0v) is 18.4. The topological polar surface area (TPSA) is 83.3 Å². The fourth-order valence-electron chi connectivity index (χ4n) is 4.08. The Labute approximate surface area is 179 Å². The second kappa shape index (κ2) is 11.6. The number of nitrogens with zero attached hydrogens (tertiary/aromatic N) is 3. The van der Waals surface area contributed by atoms with Crippen molar-refractivity contribution in [2.45, 2.75) is 71.4 Å². The number of fused-ring (bicyclic) bond motifs is 1. The summed E-state index contributed by atoms with van der Waals surface area (Å²) in [6, 6.07) is 8.61. The number of carbonyl (C=O) groups excluding carboxylic acids is 1. The summed E-state index contributed by atoms with van der Waals surface area (Å²) in [5.41, 5.74) is 2.22. The van der Waals surface area contributed by atoms with E-state index in [2.05, 4.69) is 48.7 Å². The monoisotopic (exact) mass is 412 g/mol. The van der Waals surface area contributed by atoms with Gasteiger partial charge in [-0.25, -0.2) is 4.98 Å². The van der Waals surface area contributed by atoms with Gasteiger partial charge in [-0.3, -0.25) is 9.79 Å². The van der Waals surface area contributed by atoms with E-state index in [0.717, 1.165) is 56.2 Å².